The number of hydrogen-bond acceptors (Lipinski definition) is 3. The number of aliphatic hydroxyl groups is 1. The molecule has 5 nitrogen and oxygen atoms in total. The fourth-order valence-electron chi connectivity index (χ4n) is 1.46. The molecule has 0 saturated carbocycles. The van der Waals surface area contributed by atoms with E-state index >= 15 is 0 Å². The van der Waals surface area contributed by atoms with E-state index in [1.54, 1.807) is 24.3 Å². The van der Waals surface area contributed by atoms with Crippen LogP contribution in [0.25, 0.3) is 0 Å². The van der Waals surface area contributed by atoms with E-state index in [-0.39, 0.29) is 30.4 Å². The molecule has 0 aliphatic rings. The second-order valence-electron chi connectivity index (χ2n) is 4.68. The third kappa shape index (κ3) is 4.71. The van der Waals surface area contributed by atoms with Crippen molar-refractivity contribution in [2.24, 2.45) is 5.92 Å². The quantitative estimate of drug-likeness (QED) is 0.712. The molecule has 0 radical (unpaired) electrons. The maximum atomic E-state index is 11.7. The highest BCUT2D eigenvalue weighted by Gasteiger charge is 2.13. The summed E-state index contributed by atoms with van der Waals surface area (Å²) in [6.07, 6.45) is 0. The van der Waals surface area contributed by atoms with Gasteiger partial charge in [0, 0.05) is 23.9 Å². The zero-order chi connectivity index (χ0) is 14.4. The predicted octanol–water partition coefficient (Wildman–Crippen LogP) is 2.03. The monoisotopic (exact) mass is 264 g/mol. The summed E-state index contributed by atoms with van der Waals surface area (Å²) in [6.45, 7) is 5.20. The van der Waals surface area contributed by atoms with Gasteiger partial charge in [-0.3, -0.25) is 4.79 Å². The molecule has 1 rings (SSSR count). The molecule has 104 valence electrons. The van der Waals surface area contributed by atoms with Crippen molar-refractivity contribution < 1.29 is 14.7 Å². The van der Waals surface area contributed by atoms with E-state index in [4.69, 9.17) is 5.11 Å². The lowest BCUT2D eigenvalue weighted by Crippen LogP contribution is -2.40. The van der Waals surface area contributed by atoms with Crippen LogP contribution >= 0.6 is 0 Å². The van der Waals surface area contributed by atoms with Gasteiger partial charge in [-0.15, -0.1) is 0 Å². The number of carbonyl (C=O) groups is 2. The molecule has 1 aromatic rings. The van der Waals surface area contributed by atoms with Gasteiger partial charge in [0.25, 0.3) is 0 Å². The number of amides is 2. The number of benzene rings is 1. The highest BCUT2D eigenvalue weighted by atomic mass is 16.3. The molecular formula is C14H20N2O3. The number of anilines is 1. The number of urea groups is 1. The first-order chi connectivity index (χ1) is 8.93. The van der Waals surface area contributed by atoms with Crippen LogP contribution in [0.3, 0.4) is 0 Å². The summed E-state index contributed by atoms with van der Waals surface area (Å²) in [6, 6.07) is 6.23. The van der Waals surface area contributed by atoms with Crippen LogP contribution in [-0.2, 0) is 0 Å². The number of carbonyl (C=O) groups excluding carboxylic acids is 2. The Labute approximate surface area is 113 Å². The standard InChI is InChI=1S/C14H20N2O3/c1-9(8-17)10(2)15-14(19)16-13-6-4-12(5-7-13)11(3)18/h4-7,9-10,17H,8H2,1-3H3,(H2,15,16,19). The lowest BCUT2D eigenvalue weighted by molar-refractivity contribution is 0.101. The first-order valence-corrected chi connectivity index (χ1v) is 6.23. The van der Waals surface area contributed by atoms with Gasteiger partial charge in [-0.25, -0.2) is 4.79 Å². The molecule has 0 bridgehead atoms. The molecule has 1 aromatic carbocycles. The summed E-state index contributed by atoms with van der Waals surface area (Å²) in [4.78, 5) is 22.8. The Morgan fingerprint density at radius 2 is 1.79 bits per heavy atom. The van der Waals surface area contributed by atoms with Crippen LogP contribution in [0.15, 0.2) is 24.3 Å². The number of hydrogen-bond donors (Lipinski definition) is 3. The third-order valence-corrected chi connectivity index (χ3v) is 3.05. The summed E-state index contributed by atoms with van der Waals surface area (Å²) in [5.74, 6) is -0.0211. The van der Waals surface area contributed by atoms with Gasteiger partial charge in [0.1, 0.15) is 0 Å². The van der Waals surface area contributed by atoms with Gasteiger partial charge >= 0.3 is 6.03 Å². The van der Waals surface area contributed by atoms with E-state index in [0.29, 0.717) is 11.3 Å². The Balaban J connectivity index is 2.55. The highest BCUT2D eigenvalue weighted by Crippen LogP contribution is 2.10. The van der Waals surface area contributed by atoms with Crippen molar-refractivity contribution in [3.05, 3.63) is 29.8 Å². The number of aliphatic hydroxyl groups excluding tert-OH is 1. The summed E-state index contributed by atoms with van der Waals surface area (Å²) in [7, 11) is 0. The maximum absolute atomic E-state index is 11.7. The Kier molecular flexibility index (Phi) is 5.51. The first kappa shape index (κ1) is 15.2. The predicted molar refractivity (Wildman–Crippen MR) is 74.3 cm³/mol. The molecule has 0 fully saturated rings. The molecule has 2 unspecified atom stereocenters. The van der Waals surface area contributed by atoms with Gasteiger partial charge in [0.2, 0.25) is 0 Å². The molecule has 0 spiro atoms. The topological polar surface area (TPSA) is 78.4 Å². The van der Waals surface area contributed by atoms with Crippen molar-refractivity contribution >= 4 is 17.5 Å². The Morgan fingerprint density at radius 3 is 2.26 bits per heavy atom. The second-order valence-corrected chi connectivity index (χ2v) is 4.68. The largest absolute Gasteiger partial charge is 0.396 e. The molecule has 0 heterocycles. The fraction of sp³-hybridized carbons (Fsp3) is 0.429. The molecular weight excluding hydrogens is 244 g/mol. The Hall–Kier alpha value is -1.88. The smallest absolute Gasteiger partial charge is 0.319 e. The minimum atomic E-state index is -0.330. The van der Waals surface area contributed by atoms with Crippen molar-refractivity contribution in [2.45, 2.75) is 26.8 Å². The minimum absolute atomic E-state index is 0.00848. The van der Waals surface area contributed by atoms with Crippen LogP contribution in [0.1, 0.15) is 31.1 Å². The third-order valence-electron chi connectivity index (χ3n) is 3.05. The van der Waals surface area contributed by atoms with Gasteiger partial charge in [0.05, 0.1) is 0 Å². The average Bonchev–Trinajstić information content (AvgIpc) is 2.38. The van der Waals surface area contributed by atoms with Crippen molar-refractivity contribution in [1.29, 1.82) is 0 Å². The Morgan fingerprint density at radius 1 is 1.21 bits per heavy atom. The van der Waals surface area contributed by atoms with E-state index in [1.165, 1.54) is 6.92 Å². The van der Waals surface area contributed by atoms with Crippen molar-refractivity contribution in [1.82, 2.24) is 5.32 Å². The lowest BCUT2D eigenvalue weighted by Gasteiger charge is -2.19. The SMILES string of the molecule is CC(=O)c1ccc(NC(=O)NC(C)C(C)CO)cc1. The van der Waals surface area contributed by atoms with Gasteiger partial charge in [0.15, 0.2) is 5.78 Å². The number of Topliss-reactive ketones (excluding diaryl/α,β-unsaturated/α-hetero) is 1. The summed E-state index contributed by atoms with van der Waals surface area (Å²) < 4.78 is 0. The Bertz CT molecular complexity index is 443. The molecule has 0 aliphatic heterocycles. The second kappa shape index (κ2) is 6.89. The lowest BCUT2D eigenvalue weighted by atomic mass is 10.1. The summed E-state index contributed by atoms with van der Waals surface area (Å²) in [5, 5.41) is 14.4. The van der Waals surface area contributed by atoms with Crippen LogP contribution in [0.2, 0.25) is 0 Å². The van der Waals surface area contributed by atoms with E-state index in [9.17, 15) is 9.59 Å². The molecule has 3 N–H and O–H groups in total. The van der Waals surface area contributed by atoms with E-state index in [0.717, 1.165) is 0 Å². The zero-order valence-electron chi connectivity index (χ0n) is 11.4. The number of ketones is 1. The van der Waals surface area contributed by atoms with Crippen LogP contribution < -0.4 is 10.6 Å². The molecule has 0 aromatic heterocycles. The van der Waals surface area contributed by atoms with Crippen molar-refractivity contribution in [3.8, 4) is 0 Å². The van der Waals surface area contributed by atoms with E-state index < -0.39 is 0 Å². The van der Waals surface area contributed by atoms with Crippen LogP contribution in [0.5, 0.6) is 0 Å². The normalized spacial score (nSPS) is 13.5. The van der Waals surface area contributed by atoms with Crippen LogP contribution in [0.4, 0.5) is 10.5 Å². The van der Waals surface area contributed by atoms with Gasteiger partial charge in [-0.05, 0) is 44.0 Å². The maximum Gasteiger partial charge on any atom is 0.319 e. The molecule has 0 saturated heterocycles. The highest BCUT2D eigenvalue weighted by molar-refractivity contribution is 5.95. The van der Waals surface area contributed by atoms with Crippen LogP contribution in [-0.4, -0.2) is 29.6 Å². The van der Waals surface area contributed by atoms with Gasteiger partial charge in [-0.2, -0.15) is 0 Å². The molecule has 2 amide bonds. The zero-order valence-corrected chi connectivity index (χ0v) is 11.4. The minimum Gasteiger partial charge on any atom is -0.396 e. The molecule has 19 heavy (non-hydrogen) atoms. The summed E-state index contributed by atoms with van der Waals surface area (Å²) in [5.41, 5.74) is 1.22. The summed E-state index contributed by atoms with van der Waals surface area (Å²) >= 11 is 0. The number of rotatable bonds is 5. The molecule has 0 aliphatic carbocycles. The van der Waals surface area contributed by atoms with Crippen molar-refractivity contribution in [2.75, 3.05) is 11.9 Å². The van der Waals surface area contributed by atoms with E-state index in [2.05, 4.69) is 10.6 Å². The van der Waals surface area contributed by atoms with Crippen LogP contribution in [0, 0.1) is 5.92 Å². The number of nitrogens with one attached hydrogen (secondary N) is 2. The van der Waals surface area contributed by atoms with E-state index in [1.807, 2.05) is 13.8 Å². The fourth-order valence-corrected chi connectivity index (χ4v) is 1.46. The van der Waals surface area contributed by atoms with Gasteiger partial charge < -0.3 is 15.7 Å². The van der Waals surface area contributed by atoms with Crippen molar-refractivity contribution in [3.63, 3.8) is 0 Å². The molecule has 5 heteroatoms. The van der Waals surface area contributed by atoms with Gasteiger partial charge in [-0.1, -0.05) is 6.92 Å². The molecule has 2 atom stereocenters. The first-order valence-electron chi connectivity index (χ1n) is 6.23. The average molecular weight is 264 g/mol.